The molecule has 2 aliphatic carbocycles. The molecule has 2 aromatic rings. The number of carbonyl (C=O) groups excluding carboxylic acids is 2. The van der Waals surface area contributed by atoms with Crippen molar-refractivity contribution in [2.75, 3.05) is 7.11 Å². The van der Waals surface area contributed by atoms with Crippen LogP contribution in [-0.4, -0.2) is 52.8 Å². The fourth-order valence-corrected chi connectivity index (χ4v) is 4.95. The predicted molar refractivity (Wildman–Crippen MR) is 119 cm³/mol. The highest BCUT2D eigenvalue weighted by Gasteiger charge is 2.45. The zero-order chi connectivity index (χ0) is 23.6. The molecule has 4 N–H and O–H groups in total. The molecule has 32 heavy (non-hydrogen) atoms. The molecule has 0 unspecified atom stereocenters. The Balaban J connectivity index is 1.95. The number of rotatable bonds is 1. The summed E-state index contributed by atoms with van der Waals surface area (Å²) in [5, 5.41) is 43.8. The molecule has 0 amide bonds. The molecule has 8 heteroatoms. The molecule has 2 aromatic carbocycles. The molecule has 0 radical (unpaired) electrons. The largest absolute Gasteiger partial charge is 0.507 e. The van der Waals surface area contributed by atoms with E-state index in [9.17, 15) is 30.0 Å². The van der Waals surface area contributed by atoms with E-state index >= 15 is 0 Å². The summed E-state index contributed by atoms with van der Waals surface area (Å²) in [5.74, 6) is 0.552. The lowest BCUT2D eigenvalue weighted by Gasteiger charge is -2.35. The Morgan fingerprint density at radius 2 is 1.72 bits per heavy atom. The molecule has 166 valence electrons. The number of phenols is 2. The van der Waals surface area contributed by atoms with Crippen LogP contribution in [0.15, 0.2) is 18.2 Å². The van der Waals surface area contributed by atoms with Gasteiger partial charge < -0.3 is 25.2 Å². The van der Waals surface area contributed by atoms with Crippen LogP contribution in [0, 0.1) is 11.5 Å². The van der Waals surface area contributed by atoms with Gasteiger partial charge in [0.15, 0.2) is 5.78 Å². The highest BCUT2D eigenvalue weighted by atomic mass is 28.3. The highest BCUT2D eigenvalue weighted by molar-refractivity contribution is 6.83. The summed E-state index contributed by atoms with van der Waals surface area (Å²) in [7, 11) is -0.484. The zero-order valence-corrected chi connectivity index (χ0v) is 19.2. The van der Waals surface area contributed by atoms with Crippen LogP contribution in [0.1, 0.15) is 55.5 Å². The lowest BCUT2D eigenvalue weighted by atomic mass is 9.73. The average Bonchev–Trinajstić information content (AvgIpc) is 2.71. The molecule has 0 heterocycles. The number of aliphatic hydroxyl groups excluding tert-OH is 1. The molecule has 0 fully saturated rings. The first-order valence-corrected chi connectivity index (χ1v) is 13.7. The number of ether oxygens (including phenoxy) is 1. The van der Waals surface area contributed by atoms with Crippen molar-refractivity contribution in [1.29, 1.82) is 0 Å². The van der Waals surface area contributed by atoms with Crippen LogP contribution >= 0.6 is 0 Å². The van der Waals surface area contributed by atoms with Gasteiger partial charge in [-0.25, -0.2) is 0 Å². The first-order chi connectivity index (χ1) is 14.9. The number of methoxy groups -OCH3 is 1. The molecule has 2 atom stereocenters. The van der Waals surface area contributed by atoms with Crippen LogP contribution in [-0.2, 0) is 6.42 Å². The maximum atomic E-state index is 13.3. The number of aromatic hydroxyl groups is 2. The summed E-state index contributed by atoms with van der Waals surface area (Å²) in [4.78, 5) is 26.5. The molecule has 0 saturated heterocycles. The molecule has 0 saturated carbocycles. The summed E-state index contributed by atoms with van der Waals surface area (Å²) >= 11 is 0. The summed E-state index contributed by atoms with van der Waals surface area (Å²) in [5.41, 5.74) is 0.683. The molecule has 0 aliphatic heterocycles. The first kappa shape index (κ1) is 22.1. The minimum Gasteiger partial charge on any atom is -0.507 e. The summed E-state index contributed by atoms with van der Waals surface area (Å²) in [6.07, 6.45) is -1.79. The van der Waals surface area contributed by atoms with Crippen molar-refractivity contribution in [3.63, 3.8) is 0 Å². The van der Waals surface area contributed by atoms with E-state index in [-0.39, 0.29) is 52.0 Å². The van der Waals surface area contributed by atoms with Gasteiger partial charge in [-0.1, -0.05) is 37.7 Å². The maximum Gasteiger partial charge on any atom is 0.202 e. The average molecular weight is 453 g/mol. The van der Waals surface area contributed by atoms with Crippen molar-refractivity contribution in [2.45, 2.75) is 44.2 Å². The fourth-order valence-electron chi connectivity index (χ4n) is 4.34. The number of fused-ring (bicyclic) bond motifs is 3. The molecular weight excluding hydrogens is 428 g/mol. The number of phenolic OH excluding ortho intramolecular Hbond substituents is 2. The molecular formula is C24H24O7Si. The van der Waals surface area contributed by atoms with Gasteiger partial charge in [-0.3, -0.25) is 9.59 Å². The number of aliphatic hydroxyl groups is 2. The second-order valence-corrected chi connectivity index (χ2v) is 14.1. The van der Waals surface area contributed by atoms with E-state index in [1.54, 1.807) is 6.07 Å². The van der Waals surface area contributed by atoms with Crippen molar-refractivity contribution in [3.8, 4) is 28.7 Å². The van der Waals surface area contributed by atoms with Crippen molar-refractivity contribution < 1.29 is 34.8 Å². The van der Waals surface area contributed by atoms with Gasteiger partial charge in [-0.15, -0.1) is 5.54 Å². The van der Waals surface area contributed by atoms with Gasteiger partial charge in [0.2, 0.25) is 5.78 Å². The number of carbonyl (C=O) groups is 2. The summed E-state index contributed by atoms with van der Waals surface area (Å²) in [6.45, 7) is 6.02. The van der Waals surface area contributed by atoms with Gasteiger partial charge >= 0.3 is 0 Å². The second kappa shape index (κ2) is 7.20. The van der Waals surface area contributed by atoms with Crippen molar-refractivity contribution in [1.82, 2.24) is 0 Å². The minimum atomic E-state index is -1.84. The quantitative estimate of drug-likeness (QED) is 0.254. The van der Waals surface area contributed by atoms with Gasteiger partial charge in [-0.05, 0) is 6.07 Å². The van der Waals surface area contributed by atoms with E-state index < -0.39 is 42.8 Å². The Hall–Kier alpha value is -3.12. The topological polar surface area (TPSA) is 124 Å². The van der Waals surface area contributed by atoms with Crippen molar-refractivity contribution >= 4 is 19.6 Å². The molecule has 4 rings (SSSR count). The smallest absolute Gasteiger partial charge is 0.202 e. The van der Waals surface area contributed by atoms with Crippen LogP contribution in [0.4, 0.5) is 0 Å². The Kier molecular flexibility index (Phi) is 4.97. The third-order valence-electron chi connectivity index (χ3n) is 5.77. The monoisotopic (exact) mass is 452 g/mol. The lowest BCUT2D eigenvalue weighted by Crippen LogP contribution is -2.38. The van der Waals surface area contributed by atoms with Crippen molar-refractivity contribution in [3.05, 3.63) is 51.6 Å². The van der Waals surface area contributed by atoms with Gasteiger partial charge in [-0.2, -0.15) is 0 Å². The molecule has 2 aliphatic rings. The van der Waals surface area contributed by atoms with Gasteiger partial charge in [0.25, 0.3) is 0 Å². The highest BCUT2D eigenvalue weighted by Crippen LogP contribution is 2.50. The van der Waals surface area contributed by atoms with Gasteiger partial charge in [0.1, 0.15) is 30.9 Å². The number of hydrogen-bond donors (Lipinski definition) is 4. The van der Waals surface area contributed by atoms with Crippen molar-refractivity contribution in [2.24, 2.45) is 0 Å². The van der Waals surface area contributed by atoms with E-state index in [1.807, 2.05) is 19.6 Å². The Bertz CT molecular complexity index is 1250. The lowest BCUT2D eigenvalue weighted by molar-refractivity contribution is 0.0197. The molecule has 0 bridgehead atoms. The second-order valence-electron chi connectivity index (χ2n) is 9.31. The summed E-state index contributed by atoms with van der Waals surface area (Å²) in [6, 6.07) is 4.52. The number of ketones is 2. The van der Waals surface area contributed by atoms with Crippen LogP contribution in [0.3, 0.4) is 0 Å². The third-order valence-corrected chi connectivity index (χ3v) is 6.64. The Morgan fingerprint density at radius 3 is 2.34 bits per heavy atom. The van der Waals surface area contributed by atoms with Crippen LogP contribution in [0.25, 0.3) is 0 Å². The Morgan fingerprint density at radius 1 is 1.06 bits per heavy atom. The maximum absolute atomic E-state index is 13.3. The van der Waals surface area contributed by atoms with E-state index in [0.29, 0.717) is 0 Å². The standard InChI is InChI=1S/C24H24O7Si/c1-31-15-7-5-6-12-17(15)23(29)19-18(20(12)26)21(27)13-10-24(30,8-9-32(2,3)4)11-14(25)16(13)22(19)28/h5-7,14,25,27-28,30H,10-11H2,1-4H3/t14-,24+/m1/s1. The SMILES string of the molecule is COc1cccc2c1C(=O)c1c(O)c3c(c(O)c1C2=O)C[C@@](O)(C#C[Si](C)(C)C)C[C@H]3O. The first-order valence-electron chi connectivity index (χ1n) is 10.2. The fraction of sp³-hybridized carbons (Fsp3) is 0.333. The number of benzene rings is 2. The van der Waals surface area contributed by atoms with E-state index in [4.69, 9.17) is 4.74 Å². The van der Waals surface area contributed by atoms with E-state index in [2.05, 4.69) is 11.5 Å². The molecule has 0 aromatic heterocycles. The minimum absolute atomic E-state index is 0.00930. The van der Waals surface area contributed by atoms with Gasteiger partial charge in [0, 0.05) is 29.5 Å². The van der Waals surface area contributed by atoms with Gasteiger partial charge in [0.05, 0.1) is 29.9 Å². The summed E-state index contributed by atoms with van der Waals surface area (Å²) < 4.78 is 5.22. The van der Waals surface area contributed by atoms with Crippen LogP contribution in [0.2, 0.25) is 19.6 Å². The number of hydrogen-bond acceptors (Lipinski definition) is 7. The van der Waals surface area contributed by atoms with Crippen LogP contribution in [0.5, 0.6) is 17.2 Å². The van der Waals surface area contributed by atoms with E-state index in [0.717, 1.165) is 0 Å². The van der Waals surface area contributed by atoms with E-state index in [1.165, 1.54) is 19.2 Å². The molecule has 7 nitrogen and oxygen atoms in total. The molecule has 0 spiro atoms. The Labute approximate surface area is 186 Å². The third kappa shape index (κ3) is 3.30. The van der Waals surface area contributed by atoms with Crippen LogP contribution < -0.4 is 4.74 Å². The zero-order valence-electron chi connectivity index (χ0n) is 18.2. The normalized spacial score (nSPS) is 21.8. The predicted octanol–water partition coefficient (Wildman–Crippen LogP) is 2.47.